The van der Waals surface area contributed by atoms with Crippen LogP contribution >= 0.6 is 0 Å². The Morgan fingerprint density at radius 1 is 1.43 bits per heavy atom. The smallest absolute Gasteiger partial charge is 0.305 e. The van der Waals surface area contributed by atoms with Gasteiger partial charge in [-0.25, -0.2) is 0 Å². The van der Waals surface area contributed by atoms with E-state index in [9.17, 15) is 14.9 Å². The van der Waals surface area contributed by atoms with Gasteiger partial charge in [0.05, 0.1) is 11.5 Å². The minimum Gasteiger partial charge on any atom is -0.380 e. The van der Waals surface area contributed by atoms with E-state index in [1.54, 1.807) is 19.2 Å². The van der Waals surface area contributed by atoms with Gasteiger partial charge in [-0.05, 0) is 26.0 Å². The Morgan fingerprint density at radius 2 is 2.14 bits per heavy atom. The van der Waals surface area contributed by atoms with Gasteiger partial charge in [0.2, 0.25) is 0 Å². The molecule has 0 fully saturated rings. The summed E-state index contributed by atoms with van der Waals surface area (Å²) in [6.07, 6.45) is 0. The first-order valence-corrected chi connectivity index (χ1v) is 6.87. The molecule has 0 bridgehead atoms. The molecule has 21 heavy (non-hydrogen) atoms. The number of hydrogen-bond acceptors (Lipinski definition) is 5. The van der Waals surface area contributed by atoms with Crippen LogP contribution in [-0.4, -0.2) is 49.1 Å². The lowest BCUT2D eigenvalue weighted by Gasteiger charge is -2.17. The summed E-state index contributed by atoms with van der Waals surface area (Å²) in [6, 6.07) is 4.70. The number of nitrogens with one attached hydrogen (secondary N) is 1. The maximum Gasteiger partial charge on any atom is 0.305 e. The molecule has 0 saturated carbocycles. The monoisotopic (exact) mass is 295 g/mol. The summed E-state index contributed by atoms with van der Waals surface area (Å²) >= 11 is 0. The zero-order valence-electron chi connectivity index (χ0n) is 12.6. The third-order valence-electron chi connectivity index (χ3n) is 2.94. The molecule has 116 valence electrons. The van der Waals surface area contributed by atoms with E-state index in [1.807, 2.05) is 13.8 Å². The van der Waals surface area contributed by atoms with E-state index in [0.717, 1.165) is 0 Å². The minimum atomic E-state index is -0.526. The summed E-state index contributed by atoms with van der Waals surface area (Å²) in [5, 5.41) is 14.2. The van der Waals surface area contributed by atoms with Crippen LogP contribution in [0.5, 0.6) is 0 Å². The van der Waals surface area contributed by atoms with Crippen LogP contribution < -0.4 is 5.32 Å². The molecule has 0 unspecified atom stereocenters. The van der Waals surface area contributed by atoms with E-state index < -0.39 is 4.92 Å². The fourth-order valence-electron chi connectivity index (χ4n) is 1.90. The van der Waals surface area contributed by atoms with Crippen LogP contribution in [0.4, 0.5) is 11.4 Å². The van der Waals surface area contributed by atoms with E-state index in [1.165, 1.54) is 11.0 Å². The molecule has 0 aromatic heterocycles. The van der Waals surface area contributed by atoms with E-state index in [4.69, 9.17) is 4.74 Å². The lowest BCUT2D eigenvalue weighted by atomic mass is 10.1. The number of hydrogen-bond donors (Lipinski definition) is 1. The van der Waals surface area contributed by atoms with E-state index in [0.29, 0.717) is 32.0 Å². The van der Waals surface area contributed by atoms with Crippen molar-refractivity contribution in [2.45, 2.75) is 13.8 Å². The second kappa shape index (κ2) is 8.21. The summed E-state index contributed by atoms with van der Waals surface area (Å²) in [5.41, 5.74) is 0.247. The van der Waals surface area contributed by atoms with Gasteiger partial charge in [0, 0.05) is 26.7 Å². The van der Waals surface area contributed by atoms with E-state index >= 15 is 0 Å². The number of para-hydroxylation sites is 1. The number of likely N-dealkylation sites (N-methyl/N-ethyl adjacent to an activating group) is 1. The second-order valence-corrected chi connectivity index (χ2v) is 4.41. The Labute approximate surface area is 124 Å². The van der Waals surface area contributed by atoms with Crippen LogP contribution in [0.3, 0.4) is 0 Å². The van der Waals surface area contributed by atoms with Crippen molar-refractivity contribution < 1.29 is 14.5 Å². The van der Waals surface area contributed by atoms with Crippen molar-refractivity contribution >= 4 is 17.3 Å². The summed E-state index contributed by atoms with van der Waals surface area (Å²) in [7, 11) is 1.60. The number of amides is 1. The number of carbonyl (C=O) groups is 1. The molecule has 0 radical (unpaired) electrons. The molecular weight excluding hydrogens is 274 g/mol. The first-order chi connectivity index (χ1) is 10.0. The quantitative estimate of drug-likeness (QED) is 0.451. The number of ether oxygens (including phenoxy) is 1. The van der Waals surface area contributed by atoms with Crippen molar-refractivity contribution in [3.05, 3.63) is 33.9 Å². The molecule has 1 amide bonds. The van der Waals surface area contributed by atoms with Crippen LogP contribution in [0.1, 0.15) is 24.2 Å². The zero-order chi connectivity index (χ0) is 15.8. The van der Waals surface area contributed by atoms with Crippen molar-refractivity contribution in [1.29, 1.82) is 0 Å². The molecule has 0 aliphatic heterocycles. The maximum absolute atomic E-state index is 12.4. The van der Waals surface area contributed by atoms with Crippen LogP contribution in [-0.2, 0) is 4.74 Å². The molecule has 0 aliphatic carbocycles. The minimum absolute atomic E-state index is 0.0810. The highest BCUT2D eigenvalue weighted by Crippen LogP contribution is 2.29. The third kappa shape index (κ3) is 4.42. The van der Waals surface area contributed by atoms with E-state index in [-0.39, 0.29) is 17.2 Å². The summed E-state index contributed by atoms with van der Waals surface area (Å²) in [4.78, 5) is 24.5. The summed E-state index contributed by atoms with van der Waals surface area (Å²) in [6.45, 7) is 5.60. The summed E-state index contributed by atoms with van der Waals surface area (Å²) < 4.78 is 5.19. The van der Waals surface area contributed by atoms with Crippen molar-refractivity contribution in [2.75, 3.05) is 38.7 Å². The molecule has 1 rings (SSSR count). The lowest BCUT2D eigenvalue weighted by Crippen LogP contribution is -2.30. The van der Waals surface area contributed by atoms with Gasteiger partial charge in [-0.2, -0.15) is 0 Å². The highest BCUT2D eigenvalue weighted by atomic mass is 16.6. The maximum atomic E-state index is 12.4. The number of anilines is 1. The molecule has 0 saturated heterocycles. The lowest BCUT2D eigenvalue weighted by molar-refractivity contribution is -0.384. The average molecular weight is 295 g/mol. The van der Waals surface area contributed by atoms with Gasteiger partial charge >= 0.3 is 5.69 Å². The molecule has 1 aromatic carbocycles. The third-order valence-corrected chi connectivity index (χ3v) is 2.94. The highest BCUT2D eigenvalue weighted by Gasteiger charge is 2.26. The molecule has 1 N–H and O–H groups in total. The Hall–Kier alpha value is -2.15. The first-order valence-electron chi connectivity index (χ1n) is 6.87. The Kier molecular flexibility index (Phi) is 6.61. The summed E-state index contributed by atoms with van der Waals surface area (Å²) in [5.74, 6) is -0.388. The van der Waals surface area contributed by atoms with Crippen LogP contribution in [0, 0.1) is 10.1 Å². The van der Waals surface area contributed by atoms with Crippen LogP contribution in [0.2, 0.25) is 0 Å². The Morgan fingerprint density at radius 3 is 2.71 bits per heavy atom. The SMILES string of the molecule is CCNc1cccc(C(=O)N(C)CCOCC)c1[N+](=O)[O-]. The molecule has 0 aliphatic rings. The normalized spacial score (nSPS) is 10.2. The molecule has 0 atom stereocenters. The molecule has 7 heteroatoms. The number of carbonyl (C=O) groups excluding carboxylic acids is 1. The molecular formula is C14H21N3O4. The Balaban J connectivity index is 3.02. The number of rotatable bonds is 8. The largest absolute Gasteiger partial charge is 0.380 e. The fraction of sp³-hybridized carbons (Fsp3) is 0.500. The first kappa shape index (κ1) is 16.9. The number of nitro benzene ring substituents is 1. The van der Waals surface area contributed by atoms with Crippen molar-refractivity contribution in [3.63, 3.8) is 0 Å². The Bertz CT molecular complexity index is 505. The number of nitrogens with zero attached hydrogens (tertiary/aromatic N) is 2. The van der Waals surface area contributed by atoms with Crippen molar-refractivity contribution in [1.82, 2.24) is 4.90 Å². The molecule has 1 aromatic rings. The van der Waals surface area contributed by atoms with Crippen LogP contribution in [0.15, 0.2) is 18.2 Å². The van der Waals surface area contributed by atoms with Gasteiger partial charge < -0.3 is 15.0 Å². The molecule has 0 heterocycles. The molecule has 0 spiro atoms. The molecule has 7 nitrogen and oxygen atoms in total. The van der Waals surface area contributed by atoms with Gasteiger partial charge in [-0.15, -0.1) is 0 Å². The van der Waals surface area contributed by atoms with Gasteiger partial charge in [0.15, 0.2) is 0 Å². The topological polar surface area (TPSA) is 84.7 Å². The van der Waals surface area contributed by atoms with Crippen LogP contribution in [0.25, 0.3) is 0 Å². The van der Waals surface area contributed by atoms with Gasteiger partial charge in [-0.3, -0.25) is 14.9 Å². The second-order valence-electron chi connectivity index (χ2n) is 4.41. The van der Waals surface area contributed by atoms with Crippen molar-refractivity contribution in [3.8, 4) is 0 Å². The van der Waals surface area contributed by atoms with Gasteiger partial charge in [-0.1, -0.05) is 6.07 Å². The van der Waals surface area contributed by atoms with Gasteiger partial charge in [0.1, 0.15) is 11.3 Å². The predicted molar refractivity (Wildman–Crippen MR) is 80.7 cm³/mol. The van der Waals surface area contributed by atoms with Gasteiger partial charge in [0.25, 0.3) is 5.91 Å². The highest BCUT2D eigenvalue weighted by molar-refractivity contribution is 6.00. The fourth-order valence-corrected chi connectivity index (χ4v) is 1.90. The predicted octanol–water partition coefficient (Wildman–Crippen LogP) is 2.14. The zero-order valence-corrected chi connectivity index (χ0v) is 12.6. The standard InChI is InChI=1S/C14H21N3O4/c1-4-15-12-8-6-7-11(13(12)17(19)20)14(18)16(3)9-10-21-5-2/h6-8,15H,4-5,9-10H2,1-3H3. The average Bonchev–Trinajstić information content (AvgIpc) is 2.46. The number of benzene rings is 1. The van der Waals surface area contributed by atoms with Crippen molar-refractivity contribution in [2.24, 2.45) is 0 Å². The number of nitro groups is 1. The van der Waals surface area contributed by atoms with E-state index in [2.05, 4.69) is 5.32 Å².